The van der Waals surface area contributed by atoms with Crippen LogP contribution in [0.25, 0.3) is 0 Å². The van der Waals surface area contributed by atoms with Crippen molar-refractivity contribution in [3.05, 3.63) is 64.5 Å². The van der Waals surface area contributed by atoms with Crippen molar-refractivity contribution in [2.45, 2.75) is 13.0 Å². The van der Waals surface area contributed by atoms with E-state index in [1.54, 1.807) is 24.4 Å². The molecule has 0 aliphatic carbocycles. The summed E-state index contributed by atoms with van der Waals surface area (Å²) in [6.07, 6.45) is 1.70. The van der Waals surface area contributed by atoms with Gasteiger partial charge in [0.2, 0.25) is 0 Å². The largest absolute Gasteiger partial charge is 0.371 e. The van der Waals surface area contributed by atoms with Gasteiger partial charge in [-0.2, -0.15) is 0 Å². The van der Waals surface area contributed by atoms with E-state index in [4.69, 9.17) is 0 Å². The molecule has 0 radical (unpaired) electrons. The number of nitrogens with one attached hydrogen (secondary N) is 1. The molecule has 0 saturated carbocycles. The molecule has 0 amide bonds. The summed E-state index contributed by atoms with van der Waals surface area (Å²) in [5, 5.41) is 14.0. The van der Waals surface area contributed by atoms with Crippen molar-refractivity contribution in [1.82, 2.24) is 4.98 Å². The summed E-state index contributed by atoms with van der Waals surface area (Å²) in [5.74, 6) is 0. The molecule has 1 N–H and O–H groups in total. The van der Waals surface area contributed by atoms with Gasteiger partial charge >= 0.3 is 0 Å². The first-order valence-electron chi connectivity index (χ1n) is 5.59. The Balaban J connectivity index is 2.22. The highest BCUT2D eigenvalue weighted by Gasteiger charge is 2.15. The summed E-state index contributed by atoms with van der Waals surface area (Å²) in [4.78, 5) is 14.7. The molecule has 0 spiro atoms. The number of nitrogens with zero attached hydrogens (tertiary/aromatic N) is 2. The van der Waals surface area contributed by atoms with E-state index in [9.17, 15) is 10.1 Å². The lowest BCUT2D eigenvalue weighted by Crippen LogP contribution is -2.09. The zero-order valence-corrected chi connectivity index (χ0v) is 9.91. The van der Waals surface area contributed by atoms with Gasteiger partial charge < -0.3 is 5.32 Å². The lowest BCUT2D eigenvalue weighted by atomic mass is 10.2. The van der Waals surface area contributed by atoms with Crippen LogP contribution in [-0.2, 0) is 0 Å². The number of aromatic nitrogens is 1. The van der Waals surface area contributed by atoms with Crippen LogP contribution in [0.4, 0.5) is 11.4 Å². The van der Waals surface area contributed by atoms with Crippen LogP contribution in [-0.4, -0.2) is 9.91 Å². The Kier molecular flexibility index (Phi) is 3.52. The highest BCUT2D eigenvalue weighted by atomic mass is 16.6. The minimum Gasteiger partial charge on any atom is -0.371 e. The predicted octanol–water partition coefficient (Wildman–Crippen LogP) is 3.16. The smallest absolute Gasteiger partial charge is 0.292 e. The van der Waals surface area contributed by atoms with Gasteiger partial charge in [-0.3, -0.25) is 15.1 Å². The number of hydrogen-bond acceptors (Lipinski definition) is 4. The first-order valence-corrected chi connectivity index (χ1v) is 5.59. The van der Waals surface area contributed by atoms with Gasteiger partial charge in [-0.25, -0.2) is 0 Å². The molecule has 1 unspecified atom stereocenters. The average Bonchev–Trinajstić information content (AvgIpc) is 2.40. The number of anilines is 1. The van der Waals surface area contributed by atoms with E-state index in [1.807, 2.05) is 25.1 Å². The summed E-state index contributed by atoms with van der Waals surface area (Å²) >= 11 is 0. The summed E-state index contributed by atoms with van der Waals surface area (Å²) < 4.78 is 0. The van der Waals surface area contributed by atoms with E-state index in [0.717, 1.165) is 5.69 Å². The molecule has 0 fully saturated rings. The summed E-state index contributed by atoms with van der Waals surface area (Å²) in [5.41, 5.74) is 1.41. The first kappa shape index (κ1) is 12.0. The number of hydrogen-bond donors (Lipinski definition) is 1. The van der Waals surface area contributed by atoms with Crippen molar-refractivity contribution in [2.75, 3.05) is 5.32 Å². The van der Waals surface area contributed by atoms with Crippen molar-refractivity contribution in [1.29, 1.82) is 0 Å². The van der Waals surface area contributed by atoms with Crippen molar-refractivity contribution >= 4 is 11.4 Å². The van der Waals surface area contributed by atoms with Crippen molar-refractivity contribution in [3.8, 4) is 0 Å². The normalized spacial score (nSPS) is 11.8. The monoisotopic (exact) mass is 243 g/mol. The average molecular weight is 243 g/mol. The zero-order valence-electron chi connectivity index (χ0n) is 9.91. The Labute approximate surface area is 105 Å². The van der Waals surface area contributed by atoms with E-state index in [-0.39, 0.29) is 11.7 Å². The Morgan fingerprint density at radius 3 is 2.61 bits per heavy atom. The van der Waals surface area contributed by atoms with E-state index < -0.39 is 4.92 Å². The Morgan fingerprint density at radius 2 is 1.94 bits per heavy atom. The van der Waals surface area contributed by atoms with Crippen LogP contribution in [0.5, 0.6) is 0 Å². The number of rotatable bonds is 4. The van der Waals surface area contributed by atoms with Crippen LogP contribution < -0.4 is 5.32 Å². The second kappa shape index (κ2) is 5.27. The molecule has 0 aliphatic heterocycles. The van der Waals surface area contributed by atoms with Gasteiger partial charge in [0.25, 0.3) is 5.69 Å². The molecule has 0 aliphatic rings. The van der Waals surface area contributed by atoms with Gasteiger partial charge in [-0.05, 0) is 25.1 Å². The van der Waals surface area contributed by atoms with E-state index in [0.29, 0.717) is 5.69 Å². The second-order valence-electron chi connectivity index (χ2n) is 3.89. The van der Waals surface area contributed by atoms with Gasteiger partial charge in [-0.15, -0.1) is 0 Å². The van der Waals surface area contributed by atoms with E-state index in [1.165, 1.54) is 6.07 Å². The third-order valence-corrected chi connectivity index (χ3v) is 2.60. The van der Waals surface area contributed by atoms with E-state index >= 15 is 0 Å². The summed E-state index contributed by atoms with van der Waals surface area (Å²) in [6, 6.07) is 12.1. The van der Waals surface area contributed by atoms with Gasteiger partial charge in [0, 0.05) is 12.3 Å². The number of pyridine rings is 1. The maximum absolute atomic E-state index is 10.9. The molecule has 92 valence electrons. The second-order valence-corrected chi connectivity index (χ2v) is 3.89. The Morgan fingerprint density at radius 1 is 1.22 bits per heavy atom. The number of para-hydroxylation sites is 2. The number of benzene rings is 1. The maximum atomic E-state index is 10.9. The quantitative estimate of drug-likeness (QED) is 0.661. The fraction of sp³-hybridized carbons (Fsp3) is 0.154. The number of nitro benzene ring substituents is 1. The highest BCUT2D eigenvalue weighted by molar-refractivity contribution is 5.61. The lowest BCUT2D eigenvalue weighted by molar-refractivity contribution is -0.384. The van der Waals surface area contributed by atoms with Gasteiger partial charge in [0.1, 0.15) is 5.69 Å². The Bertz CT molecular complexity index is 543. The van der Waals surface area contributed by atoms with Gasteiger partial charge in [0.05, 0.1) is 16.7 Å². The third kappa shape index (κ3) is 2.63. The highest BCUT2D eigenvalue weighted by Crippen LogP contribution is 2.26. The molecule has 0 saturated heterocycles. The van der Waals surface area contributed by atoms with Crippen molar-refractivity contribution in [3.63, 3.8) is 0 Å². The Hall–Kier alpha value is -2.43. The molecule has 1 aromatic heterocycles. The predicted molar refractivity (Wildman–Crippen MR) is 69.4 cm³/mol. The summed E-state index contributed by atoms with van der Waals surface area (Å²) in [6.45, 7) is 1.92. The van der Waals surface area contributed by atoms with Crippen molar-refractivity contribution < 1.29 is 4.92 Å². The first-order chi connectivity index (χ1) is 8.68. The third-order valence-electron chi connectivity index (χ3n) is 2.60. The standard InChI is InChI=1S/C13H13N3O2/c1-10(11-6-4-5-9-14-11)15-12-7-2-3-8-13(12)16(17)18/h2-10,15H,1H3. The minimum atomic E-state index is -0.395. The molecule has 0 bridgehead atoms. The van der Waals surface area contributed by atoms with Crippen molar-refractivity contribution in [2.24, 2.45) is 0 Å². The molecule has 1 aromatic carbocycles. The van der Waals surface area contributed by atoms with Crippen LogP contribution in [0.1, 0.15) is 18.7 Å². The molecule has 18 heavy (non-hydrogen) atoms. The summed E-state index contributed by atoms with van der Waals surface area (Å²) in [7, 11) is 0. The van der Waals surface area contributed by atoms with E-state index in [2.05, 4.69) is 10.3 Å². The van der Waals surface area contributed by atoms with Crippen LogP contribution in [0.15, 0.2) is 48.7 Å². The fourth-order valence-corrected chi connectivity index (χ4v) is 1.69. The number of nitro groups is 1. The zero-order chi connectivity index (χ0) is 13.0. The molecule has 1 atom stereocenters. The molecular formula is C13H13N3O2. The topological polar surface area (TPSA) is 68.1 Å². The molecule has 5 nitrogen and oxygen atoms in total. The SMILES string of the molecule is CC(Nc1ccccc1[N+](=O)[O-])c1ccccn1. The molecular weight excluding hydrogens is 230 g/mol. The lowest BCUT2D eigenvalue weighted by Gasteiger charge is -2.14. The fourth-order valence-electron chi connectivity index (χ4n) is 1.69. The van der Waals surface area contributed by atoms with Crippen LogP contribution in [0.3, 0.4) is 0 Å². The van der Waals surface area contributed by atoms with Gasteiger partial charge in [-0.1, -0.05) is 18.2 Å². The molecule has 2 aromatic rings. The van der Waals surface area contributed by atoms with Crippen LogP contribution in [0, 0.1) is 10.1 Å². The molecule has 2 rings (SSSR count). The maximum Gasteiger partial charge on any atom is 0.292 e. The van der Waals surface area contributed by atoms with Gasteiger partial charge in [0.15, 0.2) is 0 Å². The molecule has 5 heteroatoms. The minimum absolute atomic E-state index is 0.0697. The molecule has 1 heterocycles. The van der Waals surface area contributed by atoms with Crippen LogP contribution >= 0.6 is 0 Å². The van der Waals surface area contributed by atoms with Crippen LogP contribution in [0.2, 0.25) is 0 Å².